The largest absolute Gasteiger partial charge is 0.397 e. The molecule has 2 rings (SSSR count). The van der Waals surface area contributed by atoms with Crippen LogP contribution in [0.25, 0.3) is 0 Å². The van der Waals surface area contributed by atoms with E-state index in [-0.39, 0.29) is 11.6 Å². The van der Waals surface area contributed by atoms with Crippen molar-refractivity contribution in [3.63, 3.8) is 0 Å². The lowest BCUT2D eigenvalue weighted by Gasteiger charge is -2.06. The summed E-state index contributed by atoms with van der Waals surface area (Å²) in [6.45, 7) is 0. The minimum Gasteiger partial charge on any atom is -0.397 e. The number of thiophene rings is 1. The van der Waals surface area contributed by atoms with Crippen molar-refractivity contribution in [1.82, 2.24) is 0 Å². The zero-order valence-electron chi connectivity index (χ0n) is 8.54. The Morgan fingerprint density at radius 1 is 1.41 bits per heavy atom. The Balaban J connectivity index is 2.21. The number of hydrogen-bond acceptors (Lipinski definition) is 3. The SMILES string of the molecule is Nc1ccc(F)cc1NC(=O)c1csc(I)c1. The molecule has 88 valence electrons. The summed E-state index contributed by atoms with van der Waals surface area (Å²) < 4.78 is 14.0. The second-order valence-corrected chi connectivity index (χ2v) is 6.13. The van der Waals surface area contributed by atoms with Crippen LogP contribution < -0.4 is 11.1 Å². The van der Waals surface area contributed by atoms with Gasteiger partial charge in [-0.05, 0) is 46.9 Å². The van der Waals surface area contributed by atoms with Gasteiger partial charge in [0, 0.05) is 5.38 Å². The first-order valence-electron chi connectivity index (χ1n) is 4.66. The fourth-order valence-electron chi connectivity index (χ4n) is 1.26. The van der Waals surface area contributed by atoms with E-state index in [0.29, 0.717) is 11.3 Å². The summed E-state index contributed by atoms with van der Waals surface area (Å²) in [6, 6.07) is 5.63. The monoisotopic (exact) mass is 362 g/mol. The summed E-state index contributed by atoms with van der Waals surface area (Å²) >= 11 is 3.60. The molecule has 0 saturated heterocycles. The van der Waals surface area contributed by atoms with Gasteiger partial charge >= 0.3 is 0 Å². The van der Waals surface area contributed by atoms with Gasteiger partial charge in [0.2, 0.25) is 0 Å². The van der Waals surface area contributed by atoms with Gasteiger partial charge in [-0.2, -0.15) is 0 Å². The zero-order valence-corrected chi connectivity index (χ0v) is 11.5. The summed E-state index contributed by atoms with van der Waals surface area (Å²) in [5.41, 5.74) is 6.81. The molecule has 1 heterocycles. The number of halogens is 2. The van der Waals surface area contributed by atoms with E-state index in [1.165, 1.54) is 29.5 Å². The number of amides is 1. The lowest BCUT2D eigenvalue weighted by Crippen LogP contribution is -2.12. The molecule has 17 heavy (non-hydrogen) atoms. The number of nitrogen functional groups attached to an aromatic ring is 1. The first-order chi connectivity index (χ1) is 8.06. The van der Waals surface area contributed by atoms with Crippen LogP contribution in [-0.2, 0) is 0 Å². The van der Waals surface area contributed by atoms with Crippen molar-refractivity contribution in [3.05, 3.63) is 43.9 Å². The molecule has 0 spiro atoms. The van der Waals surface area contributed by atoms with Gasteiger partial charge in [0.1, 0.15) is 5.82 Å². The predicted octanol–water partition coefficient (Wildman–Crippen LogP) is 3.33. The summed E-state index contributed by atoms with van der Waals surface area (Å²) in [5, 5.41) is 4.32. The second kappa shape index (κ2) is 5.01. The second-order valence-electron chi connectivity index (χ2n) is 3.33. The molecule has 3 N–H and O–H groups in total. The molecule has 0 aliphatic carbocycles. The molecule has 0 bridgehead atoms. The standard InChI is InChI=1S/C11H8FIN2OS/c12-7-1-2-8(14)9(4-7)15-11(16)6-3-10(13)17-5-6/h1-5H,14H2,(H,15,16). The van der Waals surface area contributed by atoms with Gasteiger partial charge in [-0.3, -0.25) is 4.79 Å². The van der Waals surface area contributed by atoms with Gasteiger partial charge in [0.05, 0.1) is 19.8 Å². The zero-order chi connectivity index (χ0) is 12.4. The van der Waals surface area contributed by atoms with E-state index < -0.39 is 5.82 Å². The fraction of sp³-hybridized carbons (Fsp3) is 0. The van der Waals surface area contributed by atoms with Gasteiger partial charge in [-0.25, -0.2) is 4.39 Å². The third kappa shape index (κ3) is 2.95. The third-order valence-electron chi connectivity index (χ3n) is 2.09. The third-order valence-corrected chi connectivity index (χ3v) is 3.88. The van der Waals surface area contributed by atoms with E-state index in [4.69, 9.17) is 5.73 Å². The van der Waals surface area contributed by atoms with Gasteiger partial charge in [-0.15, -0.1) is 11.3 Å². The van der Waals surface area contributed by atoms with Crippen LogP contribution in [0.3, 0.4) is 0 Å². The molecule has 0 aliphatic rings. The van der Waals surface area contributed by atoms with E-state index in [1.54, 1.807) is 11.4 Å². The molecule has 6 heteroatoms. The maximum Gasteiger partial charge on any atom is 0.256 e. The van der Waals surface area contributed by atoms with Crippen molar-refractivity contribution in [1.29, 1.82) is 0 Å². The number of carbonyl (C=O) groups is 1. The highest BCUT2D eigenvalue weighted by Crippen LogP contribution is 2.22. The molecule has 2 aromatic rings. The Morgan fingerprint density at radius 2 is 2.18 bits per heavy atom. The van der Waals surface area contributed by atoms with Gasteiger partial charge in [0.15, 0.2) is 0 Å². The highest BCUT2D eigenvalue weighted by Gasteiger charge is 2.10. The molecule has 1 amide bonds. The lowest BCUT2D eigenvalue weighted by atomic mass is 10.2. The fourth-order valence-corrected chi connectivity index (χ4v) is 2.59. The molecule has 0 aliphatic heterocycles. The van der Waals surface area contributed by atoms with Crippen LogP contribution >= 0.6 is 33.9 Å². The smallest absolute Gasteiger partial charge is 0.256 e. The maximum absolute atomic E-state index is 13.0. The molecule has 1 aromatic carbocycles. The van der Waals surface area contributed by atoms with Crippen LogP contribution in [0.4, 0.5) is 15.8 Å². The van der Waals surface area contributed by atoms with Crippen molar-refractivity contribution >= 4 is 51.2 Å². The summed E-state index contributed by atoms with van der Waals surface area (Å²) in [4.78, 5) is 11.8. The Morgan fingerprint density at radius 3 is 2.82 bits per heavy atom. The summed E-state index contributed by atoms with van der Waals surface area (Å²) in [6.07, 6.45) is 0. The topological polar surface area (TPSA) is 55.1 Å². The number of rotatable bonds is 2. The summed E-state index contributed by atoms with van der Waals surface area (Å²) in [7, 11) is 0. The first-order valence-corrected chi connectivity index (χ1v) is 6.62. The van der Waals surface area contributed by atoms with E-state index in [2.05, 4.69) is 27.9 Å². The normalized spacial score (nSPS) is 10.2. The molecule has 1 aromatic heterocycles. The van der Waals surface area contributed by atoms with E-state index in [9.17, 15) is 9.18 Å². The van der Waals surface area contributed by atoms with Gasteiger partial charge in [-0.1, -0.05) is 0 Å². The number of carbonyl (C=O) groups excluding carboxylic acids is 1. The number of benzene rings is 1. The highest BCUT2D eigenvalue weighted by atomic mass is 127. The highest BCUT2D eigenvalue weighted by molar-refractivity contribution is 14.1. The molecule has 0 unspecified atom stereocenters. The van der Waals surface area contributed by atoms with Crippen LogP contribution in [0.15, 0.2) is 29.6 Å². The minimum absolute atomic E-state index is 0.288. The number of nitrogens with one attached hydrogen (secondary N) is 1. The molecule has 0 fully saturated rings. The van der Waals surface area contributed by atoms with Crippen LogP contribution in [0.2, 0.25) is 0 Å². The first kappa shape index (κ1) is 12.3. The average Bonchev–Trinajstić information content (AvgIpc) is 2.70. The van der Waals surface area contributed by atoms with Crippen molar-refractivity contribution in [2.45, 2.75) is 0 Å². The minimum atomic E-state index is -0.436. The lowest BCUT2D eigenvalue weighted by molar-refractivity contribution is 0.102. The molecular formula is C11H8FIN2OS. The van der Waals surface area contributed by atoms with Crippen molar-refractivity contribution in [2.24, 2.45) is 0 Å². The summed E-state index contributed by atoms with van der Waals surface area (Å²) in [5.74, 6) is -0.726. The van der Waals surface area contributed by atoms with Crippen LogP contribution in [0, 0.1) is 8.70 Å². The average molecular weight is 362 g/mol. The number of nitrogens with two attached hydrogens (primary N) is 1. The van der Waals surface area contributed by atoms with E-state index >= 15 is 0 Å². The molecule has 3 nitrogen and oxygen atoms in total. The van der Waals surface area contributed by atoms with Crippen molar-refractivity contribution in [2.75, 3.05) is 11.1 Å². The van der Waals surface area contributed by atoms with E-state index in [1.807, 2.05) is 0 Å². The quantitative estimate of drug-likeness (QED) is 0.636. The van der Waals surface area contributed by atoms with Crippen molar-refractivity contribution < 1.29 is 9.18 Å². The Kier molecular flexibility index (Phi) is 3.63. The van der Waals surface area contributed by atoms with Crippen LogP contribution in [0.1, 0.15) is 10.4 Å². The molecular weight excluding hydrogens is 354 g/mol. The Labute approximate surface area is 115 Å². The van der Waals surface area contributed by atoms with Gasteiger partial charge in [0.25, 0.3) is 5.91 Å². The van der Waals surface area contributed by atoms with Crippen LogP contribution in [-0.4, -0.2) is 5.91 Å². The molecule has 0 atom stereocenters. The maximum atomic E-state index is 13.0. The van der Waals surface area contributed by atoms with Crippen molar-refractivity contribution in [3.8, 4) is 0 Å². The predicted molar refractivity (Wildman–Crippen MR) is 75.8 cm³/mol. The number of anilines is 2. The Bertz CT molecular complexity index is 570. The number of hydrogen-bond donors (Lipinski definition) is 2. The van der Waals surface area contributed by atoms with E-state index in [0.717, 1.165) is 2.88 Å². The van der Waals surface area contributed by atoms with Gasteiger partial charge < -0.3 is 11.1 Å². The molecule has 0 saturated carbocycles. The Hall–Kier alpha value is -1.15. The molecule has 0 radical (unpaired) electrons. The van der Waals surface area contributed by atoms with Crippen LogP contribution in [0.5, 0.6) is 0 Å².